The number of thiophene rings is 1. The van der Waals surface area contributed by atoms with Crippen LogP contribution in [-0.4, -0.2) is 19.2 Å². The molecule has 0 amide bonds. The first-order valence-corrected chi connectivity index (χ1v) is 9.45. The Balaban J connectivity index is 2.33. The molecule has 0 spiro atoms. The number of ketones is 1. The Kier molecular flexibility index (Phi) is 4.55. The molecule has 0 saturated carbocycles. The first-order chi connectivity index (χ1) is 9.20. The van der Waals surface area contributed by atoms with Crippen molar-refractivity contribution in [1.82, 2.24) is 4.98 Å². The van der Waals surface area contributed by atoms with Gasteiger partial charge in [0.15, 0.2) is 10.9 Å². The number of sulfonamides is 1. The lowest BCUT2D eigenvalue weighted by molar-refractivity contribution is 0.102. The fourth-order valence-electron chi connectivity index (χ4n) is 1.39. The van der Waals surface area contributed by atoms with Gasteiger partial charge in [0.2, 0.25) is 0 Å². The third-order valence-electron chi connectivity index (χ3n) is 2.23. The summed E-state index contributed by atoms with van der Waals surface area (Å²) < 4.78 is 27.6. The molecule has 0 saturated heterocycles. The minimum Gasteiger partial charge on any atom is -0.294 e. The first kappa shape index (κ1) is 15.9. The summed E-state index contributed by atoms with van der Waals surface area (Å²) in [6, 6.07) is 1.42. The van der Waals surface area contributed by atoms with E-state index in [9.17, 15) is 13.2 Å². The van der Waals surface area contributed by atoms with Crippen LogP contribution in [0.15, 0.2) is 14.7 Å². The molecule has 0 unspecified atom stereocenters. The highest BCUT2D eigenvalue weighted by molar-refractivity contribution is 9.10. The summed E-state index contributed by atoms with van der Waals surface area (Å²) in [5.41, 5.74) is 0.505. The van der Waals surface area contributed by atoms with E-state index in [0.717, 1.165) is 22.7 Å². The van der Waals surface area contributed by atoms with Crippen molar-refractivity contribution in [2.45, 2.75) is 18.1 Å². The predicted octanol–water partition coefficient (Wildman–Crippen LogP) is 3.93. The number of nitrogens with one attached hydrogen (secondary N) is 1. The lowest BCUT2D eigenvalue weighted by Gasteiger charge is -2.01. The molecule has 1 N–H and O–H groups in total. The van der Waals surface area contributed by atoms with Crippen molar-refractivity contribution in [2.75, 3.05) is 4.72 Å². The van der Waals surface area contributed by atoms with E-state index in [0.29, 0.717) is 19.4 Å². The molecule has 2 aromatic rings. The highest BCUT2D eigenvalue weighted by atomic mass is 79.9. The average molecular weight is 416 g/mol. The molecule has 10 heteroatoms. The Bertz CT molecular complexity index is 762. The van der Waals surface area contributed by atoms with Gasteiger partial charge in [-0.05, 0) is 28.9 Å². The zero-order valence-electron chi connectivity index (χ0n) is 10.2. The van der Waals surface area contributed by atoms with Gasteiger partial charge in [0, 0.05) is 11.4 Å². The van der Waals surface area contributed by atoms with Crippen LogP contribution >= 0.6 is 50.2 Å². The van der Waals surface area contributed by atoms with Gasteiger partial charge in [0.25, 0.3) is 10.0 Å². The van der Waals surface area contributed by atoms with Crippen LogP contribution in [0.25, 0.3) is 0 Å². The minimum atomic E-state index is -3.75. The lowest BCUT2D eigenvalue weighted by atomic mass is 10.3. The maximum absolute atomic E-state index is 12.2. The van der Waals surface area contributed by atoms with Gasteiger partial charge in [0.05, 0.1) is 10.6 Å². The molecule has 0 aliphatic heterocycles. The van der Waals surface area contributed by atoms with Gasteiger partial charge < -0.3 is 0 Å². The average Bonchev–Trinajstić information content (AvgIpc) is 2.83. The summed E-state index contributed by atoms with van der Waals surface area (Å²) in [4.78, 5) is 15.8. The van der Waals surface area contributed by atoms with Crippen LogP contribution in [0.4, 0.5) is 5.13 Å². The van der Waals surface area contributed by atoms with Gasteiger partial charge in [-0.3, -0.25) is 9.52 Å². The minimum absolute atomic E-state index is 0.0756. The van der Waals surface area contributed by atoms with E-state index >= 15 is 0 Å². The molecular weight excluding hydrogens is 408 g/mol. The van der Waals surface area contributed by atoms with E-state index in [1.807, 2.05) is 0 Å². The number of carbonyl (C=O) groups excluding carboxylic acids is 1. The van der Waals surface area contributed by atoms with Crippen LogP contribution in [0.2, 0.25) is 4.34 Å². The van der Waals surface area contributed by atoms with Crippen molar-refractivity contribution in [1.29, 1.82) is 0 Å². The van der Waals surface area contributed by atoms with E-state index in [2.05, 4.69) is 25.6 Å². The van der Waals surface area contributed by atoms with Crippen molar-refractivity contribution >= 4 is 71.1 Å². The number of hydrogen-bond donors (Lipinski definition) is 1. The normalized spacial score (nSPS) is 11.6. The molecule has 2 heterocycles. The number of aromatic nitrogens is 1. The molecule has 0 radical (unpaired) electrons. The quantitative estimate of drug-likeness (QED) is 0.768. The van der Waals surface area contributed by atoms with E-state index < -0.39 is 10.0 Å². The number of carbonyl (C=O) groups is 1. The van der Waals surface area contributed by atoms with E-state index in [-0.39, 0.29) is 15.1 Å². The predicted molar refractivity (Wildman–Crippen MR) is 84.7 cm³/mol. The standard InChI is InChI=1S/C10H8BrClN2O3S3/c1-4-8(5(2)15)19-10(13-4)14-20(16,17)7-3-6(11)9(12)18-7/h3H,1-2H3,(H,13,14). The first-order valence-electron chi connectivity index (χ1n) is 5.16. The van der Waals surface area contributed by atoms with Gasteiger partial charge in [-0.15, -0.1) is 11.3 Å². The fraction of sp³-hybridized carbons (Fsp3) is 0.200. The topological polar surface area (TPSA) is 76.1 Å². The number of Topliss-reactive ketones (excluding diaryl/α,β-unsaturated/α-hetero) is 1. The van der Waals surface area contributed by atoms with Gasteiger partial charge in [-0.1, -0.05) is 22.9 Å². The summed E-state index contributed by atoms with van der Waals surface area (Å²) in [6.45, 7) is 3.07. The molecule has 0 aromatic carbocycles. The molecule has 5 nitrogen and oxygen atoms in total. The number of nitrogens with zero attached hydrogens (tertiary/aromatic N) is 1. The lowest BCUT2D eigenvalue weighted by Crippen LogP contribution is -2.11. The number of aryl methyl sites for hydroxylation is 1. The second kappa shape index (κ2) is 5.72. The molecule has 20 heavy (non-hydrogen) atoms. The SMILES string of the molecule is CC(=O)c1sc(NS(=O)(=O)c2cc(Br)c(Cl)s2)nc1C. The van der Waals surface area contributed by atoms with Crippen LogP contribution in [0.5, 0.6) is 0 Å². The largest absolute Gasteiger partial charge is 0.294 e. The second-order valence-electron chi connectivity index (χ2n) is 3.78. The van der Waals surface area contributed by atoms with E-state index in [4.69, 9.17) is 11.6 Å². The van der Waals surface area contributed by atoms with Crippen LogP contribution in [-0.2, 0) is 10.0 Å². The molecule has 108 valence electrons. The van der Waals surface area contributed by atoms with Crippen LogP contribution in [0, 0.1) is 6.92 Å². The summed E-state index contributed by atoms with van der Waals surface area (Å²) >= 11 is 10.9. The van der Waals surface area contributed by atoms with Crippen molar-refractivity contribution < 1.29 is 13.2 Å². The number of halogens is 2. The van der Waals surface area contributed by atoms with Crippen molar-refractivity contribution in [2.24, 2.45) is 0 Å². The maximum Gasteiger partial charge on any atom is 0.273 e. The zero-order chi connectivity index (χ0) is 15.1. The third-order valence-corrected chi connectivity index (χ3v) is 7.82. The monoisotopic (exact) mass is 414 g/mol. The summed E-state index contributed by atoms with van der Waals surface area (Å²) in [5, 5.41) is 0.161. The number of hydrogen-bond acceptors (Lipinski definition) is 6. The Morgan fingerprint density at radius 3 is 2.55 bits per heavy atom. The molecule has 0 aliphatic carbocycles. The highest BCUT2D eigenvalue weighted by Gasteiger charge is 2.22. The van der Waals surface area contributed by atoms with Crippen LogP contribution < -0.4 is 4.72 Å². The number of rotatable bonds is 4. The molecular formula is C10H8BrClN2O3S3. The number of anilines is 1. The fourth-order valence-corrected chi connectivity index (χ4v) is 5.79. The summed E-state index contributed by atoms with van der Waals surface area (Å²) in [5.74, 6) is -0.146. The number of thiazole rings is 1. The van der Waals surface area contributed by atoms with Crippen LogP contribution in [0.3, 0.4) is 0 Å². The molecule has 0 bridgehead atoms. The van der Waals surface area contributed by atoms with Gasteiger partial charge in [-0.25, -0.2) is 13.4 Å². The van der Waals surface area contributed by atoms with Gasteiger partial charge in [-0.2, -0.15) is 0 Å². The molecule has 0 aliphatic rings. The molecule has 2 rings (SSSR count). The smallest absolute Gasteiger partial charge is 0.273 e. The molecule has 0 atom stereocenters. The maximum atomic E-state index is 12.2. The Labute approximate surface area is 137 Å². The zero-order valence-corrected chi connectivity index (χ0v) is 15.0. The second-order valence-corrected chi connectivity index (χ2v) is 9.20. The summed E-state index contributed by atoms with van der Waals surface area (Å²) in [7, 11) is -3.75. The van der Waals surface area contributed by atoms with Crippen molar-refractivity contribution in [3.8, 4) is 0 Å². The highest BCUT2D eigenvalue weighted by Crippen LogP contribution is 2.35. The van der Waals surface area contributed by atoms with Crippen molar-refractivity contribution in [3.63, 3.8) is 0 Å². The van der Waals surface area contributed by atoms with E-state index in [1.165, 1.54) is 13.0 Å². The van der Waals surface area contributed by atoms with Gasteiger partial charge in [0.1, 0.15) is 8.55 Å². The molecule has 0 fully saturated rings. The van der Waals surface area contributed by atoms with Crippen molar-refractivity contribution in [3.05, 3.63) is 25.4 Å². The van der Waals surface area contributed by atoms with Gasteiger partial charge >= 0.3 is 0 Å². The Morgan fingerprint density at radius 1 is 1.45 bits per heavy atom. The Morgan fingerprint density at radius 2 is 2.10 bits per heavy atom. The van der Waals surface area contributed by atoms with E-state index in [1.54, 1.807) is 6.92 Å². The third kappa shape index (κ3) is 3.22. The molecule has 2 aromatic heterocycles. The summed E-state index contributed by atoms with van der Waals surface area (Å²) in [6.07, 6.45) is 0. The Hall–Kier alpha value is -0.480. The van der Waals surface area contributed by atoms with Crippen LogP contribution in [0.1, 0.15) is 22.3 Å².